The zero-order chi connectivity index (χ0) is 13.6. The number of aromatic nitrogens is 1. The van der Waals surface area contributed by atoms with Crippen molar-refractivity contribution in [1.29, 1.82) is 0 Å². The van der Waals surface area contributed by atoms with Gasteiger partial charge < -0.3 is 13.9 Å². The summed E-state index contributed by atoms with van der Waals surface area (Å²) in [5.74, 6) is 0.577. The molecule has 0 aliphatic carbocycles. The van der Waals surface area contributed by atoms with Crippen LogP contribution in [0.2, 0.25) is 0 Å². The SMILES string of the molecule is CCOP(=S)(N=CN(C)C)Oc1ccc(C)nc1. The van der Waals surface area contributed by atoms with E-state index in [-0.39, 0.29) is 0 Å². The van der Waals surface area contributed by atoms with Crippen LogP contribution in [0.3, 0.4) is 0 Å². The maximum absolute atomic E-state index is 5.66. The largest absolute Gasteiger partial charge is 0.426 e. The number of hydrogen-bond donors (Lipinski definition) is 0. The maximum Gasteiger partial charge on any atom is 0.362 e. The molecule has 0 radical (unpaired) electrons. The molecular weight excluding hydrogens is 269 g/mol. The molecule has 1 heterocycles. The Morgan fingerprint density at radius 2 is 2.22 bits per heavy atom. The molecule has 1 rings (SSSR count). The highest BCUT2D eigenvalue weighted by Crippen LogP contribution is 2.49. The Bertz CT molecular complexity index is 448. The summed E-state index contributed by atoms with van der Waals surface area (Å²) in [6.07, 6.45) is 3.23. The number of nitrogens with zero attached hydrogens (tertiary/aromatic N) is 3. The van der Waals surface area contributed by atoms with Crippen molar-refractivity contribution in [2.45, 2.75) is 13.8 Å². The second kappa shape index (κ2) is 6.83. The van der Waals surface area contributed by atoms with Gasteiger partial charge in [-0.15, -0.1) is 0 Å². The summed E-state index contributed by atoms with van der Waals surface area (Å²) in [5, 5.41) is 0. The van der Waals surface area contributed by atoms with Crippen LogP contribution in [-0.2, 0) is 16.3 Å². The van der Waals surface area contributed by atoms with Crippen LogP contribution in [0.5, 0.6) is 5.75 Å². The Morgan fingerprint density at radius 3 is 2.72 bits per heavy atom. The Kier molecular flexibility index (Phi) is 5.72. The van der Waals surface area contributed by atoms with E-state index < -0.39 is 6.64 Å². The van der Waals surface area contributed by atoms with E-state index in [2.05, 4.69) is 9.75 Å². The van der Waals surface area contributed by atoms with E-state index in [9.17, 15) is 0 Å². The van der Waals surface area contributed by atoms with E-state index in [0.717, 1.165) is 5.69 Å². The smallest absolute Gasteiger partial charge is 0.362 e. The van der Waals surface area contributed by atoms with Crippen molar-refractivity contribution in [2.24, 2.45) is 4.76 Å². The van der Waals surface area contributed by atoms with Crippen molar-refractivity contribution >= 4 is 24.8 Å². The fourth-order valence-electron chi connectivity index (χ4n) is 1.05. The molecule has 18 heavy (non-hydrogen) atoms. The molecule has 0 fully saturated rings. The molecule has 0 saturated carbocycles. The number of rotatable bonds is 6. The highest BCUT2D eigenvalue weighted by atomic mass is 32.5. The highest BCUT2D eigenvalue weighted by molar-refractivity contribution is 8.09. The first kappa shape index (κ1) is 15.1. The minimum absolute atomic E-state index is 0.460. The van der Waals surface area contributed by atoms with Crippen LogP contribution in [0.4, 0.5) is 0 Å². The van der Waals surface area contributed by atoms with Gasteiger partial charge >= 0.3 is 6.64 Å². The Hall–Kier alpha value is -0.970. The topological polar surface area (TPSA) is 47.0 Å². The summed E-state index contributed by atoms with van der Waals surface area (Å²) in [5.41, 5.74) is 0.920. The molecule has 1 atom stereocenters. The average Bonchev–Trinajstić information content (AvgIpc) is 2.30. The third-order valence-electron chi connectivity index (χ3n) is 1.82. The second-order valence-electron chi connectivity index (χ2n) is 3.81. The first-order valence-corrected chi connectivity index (χ1v) is 8.13. The lowest BCUT2D eigenvalue weighted by molar-refractivity contribution is 0.331. The quantitative estimate of drug-likeness (QED) is 0.457. The molecule has 1 unspecified atom stereocenters. The van der Waals surface area contributed by atoms with Gasteiger partial charge in [0.05, 0.1) is 19.1 Å². The minimum atomic E-state index is -2.69. The summed E-state index contributed by atoms with van der Waals surface area (Å²) in [4.78, 5) is 5.94. The van der Waals surface area contributed by atoms with Gasteiger partial charge in [0.1, 0.15) is 5.75 Å². The van der Waals surface area contributed by atoms with Crippen molar-refractivity contribution in [3.8, 4) is 5.75 Å². The van der Waals surface area contributed by atoms with Gasteiger partial charge in [-0.25, -0.2) is 0 Å². The van der Waals surface area contributed by atoms with E-state index in [1.54, 1.807) is 17.4 Å². The number of pyridine rings is 1. The summed E-state index contributed by atoms with van der Waals surface area (Å²) in [6.45, 7) is 1.54. The number of hydrogen-bond acceptors (Lipinski definition) is 4. The molecule has 5 nitrogen and oxygen atoms in total. The molecule has 0 aliphatic heterocycles. The molecule has 0 saturated heterocycles. The van der Waals surface area contributed by atoms with Crippen molar-refractivity contribution in [2.75, 3.05) is 20.7 Å². The molecule has 0 aromatic carbocycles. The molecule has 0 aliphatic rings. The molecule has 0 spiro atoms. The van der Waals surface area contributed by atoms with Gasteiger partial charge in [0.2, 0.25) is 0 Å². The van der Waals surface area contributed by atoms with Crippen molar-refractivity contribution < 1.29 is 9.05 Å². The van der Waals surface area contributed by atoms with E-state index in [1.165, 1.54) is 0 Å². The van der Waals surface area contributed by atoms with Crippen LogP contribution in [0.25, 0.3) is 0 Å². The Labute approximate surface area is 113 Å². The maximum atomic E-state index is 5.66. The lowest BCUT2D eigenvalue weighted by atomic mass is 10.4. The molecule has 0 bridgehead atoms. The van der Waals surface area contributed by atoms with Crippen molar-refractivity contribution in [3.05, 3.63) is 24.0 Å². The third kappa shape index (κ3) is 5.12. The first-order valence-electron chi connectivity index (χ1n) is 5.54. The van der Waals surface area contributed by atoms with Crippen LogP contribution in [0, 0.1) is 6.92 Å². The van der Waals surface area contributed by atoms with Gasteiger partial charge in [0.15, 0.2) is 0 Å². The molecule has 100 valence electrons. The fraction of sp³-hybridized carbons (Fsp3) is 0.455. The standard InChI is InChI=1S/C11H18N3O2PS/c1-5-15-17(18,13-9-14(3)4)16-11-7-6-10(2)12-8-11/h6-9H,5H2,1-4H3. The molecule has 1 aromatic heterocycles. The lowest BCUT2D eigenvalue weighted by Crippen LogP contribution is -2.08. The number of aryl methyl sites for hydroxylation is 1. The van der Waals surface area contributed by atoms with Gasteiger partial charge in [0.25, 0.3) is 0 Å². The Balaban J connectivity index is 2.85. The fourth-order valence-corrected chi connectivity index (χ4v) is 2.96. The zero-order valence-corrected chi connectivity index (χ0v) is 12.7. The zero-order valence-electron chi connectivity index (χ0n) is 11.0. The normalized spacial score (nSPS) is 14.4. The minimum Gasteiger partial charge on any atom is -0.426 e. The molecule has 7 heteroatoms. The summed E-state index contributed by atoms with van der Waals surface area (Å²) in [6, 6.07) is 3.67. The average molecular weight is 287 g/mol. The van der Waals surface area contributed by atoms with E-state index in [0.29, 0.717) is 12.4 Å². The first-order chi connectivity index (χ1) is 8.45. The summed E-state index contributed by atoms with van der Waals surface area (Å²) in [7, 11) is 3.73. The monoisotopic (exact) mass is 287 g/mol. The van der Waals surface area contributed by atoms with Crippen LogP contribution in [-0.4, -0.2) is 36.9 Å². The van der Waals surface area contributed by atoms with Crippen molar-refractivity contribution in [1.82, 2.24) is 9.88 Å². The third-order valence-corrected chi connectivity index (χ3v) is 4.06. The van der Waals surface area contributed by atoms with Crippen LogP contribution < -0.4 is 4.52 Å². The van der Waals surface area contributed by atoms with Gasteiger partial charge in [-0.3, -0.25) is 4.98 Å². The van der Waals surface area contributed by atoms with Crippen LogP contribution >= 0.6 is 6.64 Å². The van der Waals surface area contributed by atoms with Crippen LogP contribution in [0.15, 0.2) is 23.1 Å². The van der Waals surface area contributed by atoms with Gasteiger partial charge in [0, 0.05) is 31.6 Å². The molecule has 0 N–H and O–H groups in total. The van der Waals surface area contributed by atoms with Crippen LogP contribution in [0.1, 0.15) is 12.6 Å². The van der Waals surface area contributed by atoms with E-state index in [4.69, 9.17) is 20.9 Å². The van der Waals surface area contributed by atoms with Gasteiger partial charge in [-0.2, -0.15) is 4.76 Å². The molecular formula is C11H18N3O2PS. The predicted molar refractivity (Wildman–Crippen MR) is 77.7 cm³/mol. The van der Waals surface area contributed by atoms with E-state index in [1.807, 2.05) is 40.1 Å². The lowest BCUT2D eigenvalue weighted by Gasteiger charge is -2.18. The van der Waals surface area contributed by atoms with Crippen molar-refractivity contribution in [3.63, 3.8) is 0 Å². The Morgan fingerprint density at radius 1 is 1.50 bits per heavy atom. The predicted octanol–water partition coefficient (Wildman–Crippen LogP) is 2.62. The molecule has 1 aromatic rings. The van der Waals surface area contributed by atoms with Gasteiger partial charge in [-0.1, -0.05) is 0 Å². The highest BCUT2D eigenvalue weighted by Gasteiger charge is 2.18. The van der Waals surface area contributed by atoms with Gasteiger partial charge in [-0.05, 0) is 26.0 Å². The summed E-state index contributed by atoms with van der Waals surface area (Å²) >= 11 is 5.35. The van der Waals surface area contributed by atoms with E-state index >= 15 is 0 Å². The summed E-state index contributed by atoms with van der Waals surface area (Å²) < 4.78 is 15.3. The molecule has 0 amide bonds. The second-order valence-corrected chi connectivity index (χ2v) is 6.80.